The third kappa shape index (κ3) is 3.25. The summed E-state index contributed by atoms with van der Waals surface area (Å²) in [7, 11) is 0. The third-order valence-corrected chi connectivity index (χ3v) is 4.72. The van der Waals surface area contributed by atoms with Gasteiger partial charge in [-0.2, -0.15) is 0 Å². The van der Waals surface area contributed by atoms with Crippen LogP contribution < -0.4 is 5.32 Å². The highest BCUT2D eigenvalue weighted by atomic mass is 16.4. The lowest BCUT2D eigenvalue weighted by Crippen LogP contribution is -2.56. The lowest BCUT2D eigenvalue weighted by molar-refractivity contribution is -0.140. The monoisotopic (exact) mass is 282 g/mol. The molecule has 0 aromatic heterocycles. The van der Waals surface area contributed by atoms with Crippen molar-refractivity contribution in [2.75, 3.05) is 6.54 Å². The van der Waals surface area contributed by atoms with E-state index in [4.69, 9.17) is 0 Å². The van der Waals surface area contributed by atoms with Gasteiger partial charge in [-0.25, -0.2) is 9.59 Å². The summed E-state index contributed by atoms with van der Waals surface area (Å²) in [6.07, 6.45) is 6.96. The Morgan fingerprint density at radius 2 is 1.80 bits per heavy atom. The van der Waals surface area contributed by atoms with Crippen molar-refractivity contribution in [2.45, 2.75) is 64.5 Å². The Morgan fingerprint density at radius 3 is 2.45 bits per heavy atom. The lowest BCUT2D eigenvalue weighted by Gasteiger charge is -2.44. The quantitative estimate of drug-likeness (QED) is 0.835. The molecule has 114 valence electrons. The molecule has 1 aliphatic heterocycles. The number of hydrogen-bond donors (Lipinski definition) is 2. The van der Waals surface area contributed by atoms with Gasteiger partial charge in [-0.05, 0) is 37.5 Å². The Kier molecular flexibility index (Phi) is 4.89. The minimum absolute atomic E-state index is 0.108. The van der Waals surface area contributed by atoms with Gasteiger partial charge in [-0.3, -0.25) is 0 Å². The van der Waals surface area contributed by atoms with E-state index >= 15 is 0 Å². The van der Waals surface area contributed by atoms with Crippen molar-refractivity contribution < 1.29 is 14.7 Å². The van der Waals surface area contributed by atoms with Crippen LogP contribution in [0.2, 0.25) is 0 Å². The minimum Gasteiger partial charge on any atom is -0.480 e. The summed E-state index contributed by atoms with van der Waals surface area (Å²) >= 11 is 0. The summed E-state index contributed by atoms with van der Waals surface area (Å²) in [6, 6.07) is -0.673. The minimum atomic E-state index is -0.953. The first-order valence-corrected chi connectivity index (χ1v) is 7.80. The number of nitrogens with one attached hydrogen (secondary N) is 1. The number of nitrogens with zero attached hydrogens (tertiary/aromatic N) is 1. The first-order valence-electron chi connectivity index (χ1n) is 7.80. The zero-order valence-electron chi connectivity index (χ0n) is 12.5. The number of piperidine rings is 1. The van der Waals surface area contributed by atoms with Gasteiger partial charge in [-0.1, -0.05) is 26.7 Å². The average molecular weight is 282 g/mol. The number of likely N-dealkylation sites (tertiary alicyclic amines) is 1. The van der Waals surface area contributed by atoms with Crippen molar-refractivity contribution in [3.8, 4) is 0 Å². The Labute approximate surface area is 120 Å². The van der Waals surface area contributed by atoms with Crippen molar-refractivity contribution in [1.29, 1.82) is 0 Å². The van der Waals surface area contributed by atoms with Crippen molar-refractivity contribution >= 4 is 12.0 Å². The largest absolute Gasteiger partial charge is 0.480 e. The lowest BCUT2D eigenvalue weighted by atomic mass is 9.78. The molecule has 1 saturated carbocycles. The maximum absolute atomic E-state index is 12.4. The normalized spacial score (nSPS) is 27.9. The highest BCUT2D eigenvalue weighted by molar-refractivity contribution is 5.83. The summed E-state index contributed by atoms with van der Waals surface area (Å²) in [5.74, 6) is -0.445. The predicted molar refractivity (Wildman–Crippen MR) is 76.5 cm³/mol. The predicted octanol–water partition coefficient (Wildman–Crippen LogP) is 2.46. The first kappa shape index (κ1) is 15.1. The van der Waals surface area contributed by atoms with Gasteiger partial charge in [0, 0.05) is 12.6 Å². The molecule has 1 saturated heterocycles. The van der Waals surface area contributed by atoms with E-state index in [0.717, 1.165) is 19.4 Å². The van der Waals surface area contributed by atoms with Gasteiger partial charge in [0.05, 0.1) is 0 Å². The number of fused-ring (bicyclic) bond motifs is 1. The molecule has 5 nitrogen and oxygen atoms in total. The molecule has 0 radical (unpaired) electrons. The van der Waals surface area contributed by atoms with E-state index in [2.05, 4.69) is 5.32 Å². The molecule has 2 rings (SSSR count). The molecule has 0 bridgehead atoms. The second-order valence-electron chi connectivity index (χ2n) is 6.46. The number of hydrogen-bond acceptors (Lipinski definition) is 2. The number of aliphatic carboxylic acids is 1. The van der Waals surface area contributed by atoms with E-state index in [1.165, 1.54) is 25.7 Å². The van der Waals surface area contributed by atoms with Crippen LogP contribution in [0.4, 0.5) is 4.79 Å². The molecule has 5 heteroatoms. The van der Waals surface area contributed by atoms with Gasteiger partial charge in [0.25, 0.3) is 0 Å². The van der Waals surface area contributed by atoms with Crippen LogP contribution in [0.3, 0.4) is 0 Å². The zero-order chi connectivity index (χ0) is 14.7. The molecule has 0 aromatic carbocycles. The Balaban J connectivity index is 2.01. The molecular weight excluding hydrogens is 256 g/mol. The highest BCUT2D eigenvalue weighted by Gasteiger charge is 2.37. The van der Waals surface area contributed by atoms with Gasteiger partial charge in [0.15, 0.2) is 0 Å². The maximum Gasteiger partial charge on any atom is 0.326 e. The third-order valence-electron chi connectivity index (χ3n) is 4.72. The van der Waals surface area contributed by atoms with Crippen molar-refractivity contribution in [2.24, 2.45) is 11.8 Å². The maximum atomic E-state index is 12.4. The summed E-state index contributed by atoms with van der Waals surface area (Å²) in [5, 5.41) is 11.9. The molecule has 2 aliphatic rings. The van der Waals surface area contributed by atoms with E-state index < -0.39 is 12.0 Å². The molecule has 1 aliphatic carbocycles. The molecule has 2 N–H and O–H groups in total. The Morgan fingerprint density at radius 1 is 1.15 bits per heavy atom. The van der Waals surface area contributed by atoms with Crippen LogP contribution in [0.1, 0.15) is 52.4 Å². The molecule has 3 atom stereocenters. The smallest absolute Gasteiger partial charge is 0.326 e. The molecule has 1 heterocycles. The van der Waals surface area contributed by atoms with E-state index in [0.29, 0.717) is 12.0 Å². The van der Waals surface area contributed by atoms with Crippen molar-refractivity contribution in [1.82, 2.24) is 10.2 Å². The van der Waals surface area contributed by atoms with Crippen molar-refractivity contribution in [3.05, 3.63) is 0 Å². The fourth-order valence-corrected chi connectivity index (χ4v) is 3.61. The molecule has 20 heavy (non-hydrogen) atoms. The standard InChI is InChI=1S/C15H26N2O3/c1-10(2)13(14(18)19)16-15(20)17-9-5-7-11-6-3-4-8-12(11)17/h10-13H,3-9H2,1-2H3,(H,16,20)(H,18,19)/t11-,12-,13+/m1/s1. The van der Waals surface area contributed by atoms with Crippen LogP contribution in [-0.2, 0) is 4.79 Å². The summed E-state index contributed by atoms with van der Waals surface area (Å²) in [6.45, 7) is 4.40. The summed E-state index contributed by atoms with van der Waals surface area (Å²) < 4.78 is 0. The molecule has 2 amide bonds. The van der Waals surface area contributed by atoms with E-state index in [9.17, 15) is 14.7 Å². The van der Waals surface area contributed by atoms with Crippen LogP contribution in [0.5, 0.6) is 0 Å². The number of carboxylic acid groups (broad SMARTS) is 1. The molecule has 0 aromatic rings. The fourth-order valence-electron chi connectivity index (χ4n) is 3.61. The number of rotatable bonds is 3. The number of carboxylic acids is 1. The molecule has 0 spiro atoms. The summed E-state index contributed by atoms with van der Waals surface area (Å²) in [4.78, 5) is 25.5. The van der Waals surface area contributed by atoms with Gasteiger partial charge in [0.1, 0.15) is 6.04 Å². The number of carbonyl (C=O) groups is 2. The molecular formula is C15H26N2O3. The van der Waals surface area contributed by atoms with E-state index in [-0.39, 0.29) is 11.9 Å². The van der Waals surface area contributed by atoms with Gasteiger partial charge < -0.3 is 15.3 Å². The Bertz CT molecular complexity index is 368. The van der Waals surface area contributed by atoms with Crippen LogP contribution >= 0.6 is 0 Å². The second kappa shape index (κ2) is 6.46. The summed E-state index contributed by atoms with van der Waals surface area (Å²) in [5.41, 5.74) is 0. The number of urea groups is 1. The molecule has 2 fully saturated rings. The fraction of sp³-hybridized carbons (Fsp3) is 0.867. The van der Waals surface area contributed by atoms with Crippen molar-refractivity contribution in [3.63, 3.8) is 0 Å². The topological polar surface area (TPSA) is 69.6 Å². The van der Waals surface area contributed by atoms with Crippen LogP contribution in [-0.4, -0.2) is 40.6 Å². The SMILES string of the molecule is CC(C)[C@H](NC(=O)N1CCC[C@H]2CCCC[C@H]21)C(=O)O. The van der Waals surface area contributed by atoms with Crippen LogP contribution in [0.15, 0.2) is 0 Å². The van der Waals surface area contributed by atoms with Gasteiger partial charge in [-0.15, -0.1) is 0 Å². The number of amides is 2. The molecule has 0 unspecified atom stereocenters. The average Bonchev–Trinajstić information content (AvgIpc) is 2.43. The van der Waals surface area contributed by atoms with Gasteiger partial charge >= 0.3 is 12.0 Å². The van der Waals surface area contributed by atoms with E-state index in [1.807, 2.05) is 18.7 Å². The van der Waals surface area contributed by atoms with Gasteiger partial charge in [0.2, 0.25) is 0 Å². The van der Waals surface area contributed by atoms with E-state index in [1.54, 1.807) is 0 Å². The van der Waals surface area contributed by atoms with Crippen LogP contribution in [0.25, 0.3) is 0 Å². The second-order valence-corrected chi connectivity index (χ2v) is 6.46. The number of carbonyl (C=O) groups excluding carboxylic acids is 1. The first-order chi connectivity index (χ1) is 9.50. The zero-order valence-corrected chi connectivity index (χ0v) is 12.5. The van der Waals surface area contributed by atoms with Crippen LogP contribution in [0, 0.1) is 11.8 Å². The Hall–Kier alpha value is -1.26. The highest BCUT2D eigenvalue weighted by Crippen LogP contribution is 2.35.